The van der Waals surface area contributed by atoms with E-state index in [4.69, 9.17) is 18.9 Å². The highest BCUT2D eigenvalue weighted by atomic mass is 16.7. The lowest BCUT2D eigenvalue weighted by molar-refractivity contribution is -0.187. The number of nitrogens with one attached hydrogen (secondary N) is 2. The van der Waals surface area contributed by atoms with Crippen molar-refractivity contribution in [2.24, 2.45) is 5.92 Å². The van der Waals surface area contributed by atoms with E-state index in [2.05, 4.69) is 56.6 Å². The molecule has 2 amide bonds. The summed E-state index contributed by atoms with van der Waals surface area (Å²) < 4.78 is 22.6. The quantitative estimate of drug-likeness (QED) is 0.421. The smallest absolute Gasteiger partial charge is 0.407 e. The molecule has 186 valence electrons. The SMILES string of the molecule is CNC(=O)O[C@@H](C)/C=C\C(=O)NC1COC(C/C=C(C)/C=C/[C@@H]2C[C@H](C)CC(C)(C)O2)OC1. The molecule has 2 aliphatic heterocycles. The molecular formula is C25H40N2O6. The minimum Gasteiger partial charge on any atom is -0.442 e. The Morgan fingerprint density at radius 3 is 2.55 bits per heavy atom. The van der Waals surface area contributed by atoms with Crippen molar-refractivity contribution in [2.45, 2.75) is 84.0 Å². The van der Waals surface area contributed by atoms with Crippen LogP contribution in [0.2, 0.25) is 0 Å². The normalized spacial score (nSPS) is 29.1. The van der Waals surface area contributed by atoms with Crippen LogP contribution in [0, 0.1) is 5.92 Å². The number of allylic oxidation sites excluding steroid dienone is 2. The predicted molar refractivity (Wildman–Crippen MR) is 127 cm³/mol. The van der Waals surface area contributed by atoms with E-state index in [0.29, 0.717) is 25.6 Å². The zero-order chi connectivity index (χ0) is 24.4. The van der Waals surface area contributed by atoms with Crippen LogP contribution in [0.15, 0.2) is 36.0 Å². The Kier molecular flexibility index (Phi) is 10.6. The molecule has 33 heavy (non-hydrogen) atoms. The standard InChI is InChI=1S/C25H40N2O6/c1-17(7-10-21-13-18(2)14-25(4,5)33-21)8-12-23-30-15-20(16-31-23)27-22(28)11-9-19(3)32-24(29)26-6/h7-11,18-21,23H,12-16H2,1-6H3,(H,26,29)(H,27,28)/b10-7+,11-9-,17-8+/t18-,19-,20?,21+,23?/m0/s1. The molecule has 0 bridgehead atoms. The van der Waals surface area contributed by atoms with Gasteiger partial charge >= 0.3 is 6.09 Å². The van der Waals surface area contributed by atoms with E-state index >= 15 is 0 Å². The fourth-order valence-corrected chi connectivity index (χ4v) is 4.05. The van der Waals surface area contributed by atoms with Crippen LogP contribution in [0.3, 0.4) is 0 Å². The van der Waals surface area contributed by atoms with Gasteiger partial charge in [0, 0.05) is 19.5 Å². The van der Waals surface area contributed by atoms with Crippen LogP contribution in [-0.4, -0.2) is 62.4 Å². The van der Waals surface area contributed by atoms with Gasteiger partial charge in [0.15, 0.2) is 6.29 Å². The van der Waals surface area contributed by atoms with Crippen LogP contribution >= 0.6 is 0 Å². The fraction of sp³-hybridized carbons (Fsp3) is 0.680. The zero-order valence-corrected chi connectivity index (χ0v) is 20.8. The monoisotopic (exact) mass is 464 g/mol. The average Bonchev–Trinajstić information content (AvgIpc) is 2.74. The lowest BCUT2D eigenvalue weighted by atomic mass is 9.86. The molecule has 0 spiro atoms. The second kappa shape index (κ2) is 12.9. The van der Waals surface area contributed by atoms with Crippen LogP contribution < -0.4 is 10.6 Å². The summed E-state index contributed by atoms with van der Waals surface area (Å²) >= 11 is 0. The minimum absolute atomic E-state index is 0.0760. The second-order valence-corrected chi connectivity index (χ2v) is 9.53. The Hall–Kier alpha value is -2.16. The van der Waals surface area contributed by atoms with Gasteiger partial charge in [0.25, 0.3) is 0 Å². The number of carbonyl (C=O) groups is 2. The van der Waals surface area contributed by atoms with E-state index in [9.17, 15) is 9.59 Å². The van der Waals surface area contributed by atoms with Gasteiger partial charge in [0.2, 0.25) is 5.91 Å². The highest BCUT2D eigenvalue weighted by molar-refractivity contribution is 5.87. The van der Waals surface area contributed by atoms with Crippen LogP contribution in [0.1, 0.15) is 53.9 Å². The molecule has 2 fully saturated rings. The van der Waals surface area contributed by atoms with Crippen molar-refractivity contribution in [3.8, 4) is 0 Å². The third kappa shape index (κ3) is 10.5. The fourth-order valence-electron chi connectivity index (χ4n) is 4.05. The van der Waals surface area contributed by atoms with Gasteiger partial charge in [-0.1, -0.05) is 30.7 Å². The minimum atomic E-state index is -0.548. The molecule has 0 aromatic carbocycles. The van der Waals surface area contributed by atoms with Gasteiger partial charge in [-0.25, -0.2) is 4.79 Å². The summed E-state index contributed by atoms with van der Waals surface area (Å²) in [4.78, 5) is 23.2. The maximum absolute atomic E-state index is 12.0. The number of ether oxygens (including phenoxy) is 4. The molecule has 0 aromatic rings. The average molecular weight is 465 g/mol. The van der Waals surface area contributed by atoms with Crippen molar-refractivity contribution in [1.29, 1.82) is 0 Å². The van der Waals surface area contributed by atoms with Crippen LogP contribution in [0.25, 0.3) is 0 Å². The summed E-state index contributed by atoms with van der Waals surface area (Å²) in [7, 11) is 1.48. The van der Waals surface area contributed by atoms with Gasteiger partial charge < -0.3 is 29.6 Å². The molecule has 2 heterocycles. The molecule has 0 aromatic heterocycles. The Bertz CT molecular complexity index is 737. The first-order chi connectivity index (χ1) is 15.6. The van der Waals surface area contributed by atoms with E-state index in [1.54, 1.807) is 6.92 Å². The van der Waals surface area contributed by atoms with E-state index < -0.39 is 12.2 Å². The van der Waals surface area contributed by atoms with Gasteiger partial charge in [-0.05, 0) is 52.5 Å². The van der Waals surface area contributed by atoms with Crippen LogP contribution in [0.4, 0.5) is 4.79 Å². The summed E-state index contributed by atoms with van der Waals surface area (Å²) in [5.41, 5.74) is 1.06. The maximum atomic E-state index is 12.0. The molecule has 8 heteroatoms. The van der Waals surface area contributed by atoms with Crippen molar-refractivity contribution in [1.82, 2.24) is 10.6 Å². The number of rotatable bonds is 8. The maximum Gasteiger partial charge on any atom is 0.407 e. The molecule has 0 radical (unpaired) electrons. The van der Waals surface area contributed by atoms with E-state index in [-0.39, 0.29) is 29.9 Å². The molecule has 2 saturated heterocycles. The Labute approximate surface area is 197 Å². The highest BCUT2D eigenvalue weighted by Gasteiger charge is 2.31. The molecule has 2 rings (SSSR count). The predicted octanol–water partition coefficient (Wildman–Crippen LogP) is 3.63. The first kappa shape index (κ1) is 27.1. The summed E-state index contributed by atoms with van der Waals surface area (Å²) in [5, 5.41) is 5.18. The summed E-state index contributed by atoms with van der Waals surface area (Å²) in [5.74, 6) is 0.362. The largest absolute Gasteiger partial charge is 0.442 e. The Morgan fingerprint density at radius 1 is 1.21 bits per heavy atom. The van der Waals surface area contributed by atoms with Crippen molar-refractivity contribution < 1.29 is 28.5 Å². The molecule has 0 saturated carbocycles. The number of amides is 2. The second-order valence-electron chi connectivity index (χ2n) is 9.53. The van der Waals surface area contributed by atoms with Crippen LogP contribution in [0.5, 0.6) is 0 Å². The molecule has 2 aliphatic rings. The topological polar surface area (TPSA) is 95.1 Å². The highest BCUT2D eigenvalue weighted by Crippen LogP contribution is 2.32. The third-order valence-electron chi connectivity index (χ3n) is 5.48. The number of hydrogen-bond acceptors (Lipinski definition) is 6. The van der Waals surface area contributed by atoms with Crippen LogP contribution in [-0.2, 0) is 23.7 Å². The van der Waals surface area contributed by atoms with Gasteiger partial charge in [-0.2, -0.15) is 0 Å². The first-order valence-electron chi connectivity index (χ1n) is 11.7. The van der Waals surface area contributed by atoms with Gasteiger partial charge in [-0.15, -0.1) is 0 Å². The molecular weight excluding hydrogens is 424 g/mol. The van der Waals surface area contributed by atoms with Crippen molar-refractivity contribution in [3.63, 3.8) is 0 Å². The van der Waals surface area contributed by atoms with E-state index in [0.717, 1.165) is 18.4 Å². The van der Waals surface area contributed by atoms with Gasteiger partial charge in [-0.3, -0.25) is 4.79 Å². The van der Waals surface area contributed by atoms with E-state index in [1.165, 1.54) is 19.2 Å². The van der Waals surface area contributed by atoms with E-state index in [1.807, 2.05) is 0 Å². The molecule has 2 N–H and O–H groups in total. The third-order valence-corrected chi connectivity index (χ3v) is 5.48. The van der Waals surface area contributed by atoms with Crippen molar-refractivity contribution >= 4 is 12.0 Å². The first-order valence-corrected chi connectivity index (χ1v) is 11.7. The zero-order valence-electron chi connectivity index (χ0n) is 20.8. The lowest BCUT2D eigenvalue weighted by Gasteiger charge is -2.38. The summed E-state index contributed by atoms with van der Waals surface area (Å²) in [6, 6.07) is -0.229. The Morgan fingerprint density at radius 2 is 1.91 bits per heavy atom. The summed E-state index contributed by atoms with van der Waals surface area (Å²) in [6.07, 6.45) is 10.7. The molecule has 0 unspecified atom stereocenters. The summed E-state index contributed by atoms with van der Waals surface area (Å²) in [6.45, 7) is 11.1. The van der Waals surface area contributed by atoms with Crippen molar-refractivity contribution in [2.75, 3.05) is 20.3 Å². The van der Waals surface area contributed by atoms with Gasteiger partial charge in [0.1, 0.15) is 6.10 Å². The molecule has 3 atom stereocenters. The Balaban J connectivity index is 1.69. The number of alkyl carbamates (subject to hydrolysis) is 1. The number of carbonyl (C=O) groups excluding carboxylic acids is 2. The lowest BCUT2D eigenvalue weighted by Crippen LogP contribution is -2.46. The number of hydrogen-bond donors (Lipinski definition) is 2. The van der Waals surface area contributed by atoms with Crippen molar-refractivity contribution in [3.05, 3.63) is 36.0 Å². The molecule has 0 aliphatic carbocycles. The van der Waals surface area contributed by atoms with Gasteiger partial charge in [0.05, 0.1) is 31.0 Å². The molecule has 8 nitrogen and oxygen atoms in total.